The molecule has 0 spiro atoms. The van der Waals surface area contributed by atoms with E-state index in [0.717, 1.165) is 8.66 Å². The molecular formula is C11H10BrN3O2S. The van der Waals surface area contributed by atoms with Gasteiger partial charge in [-0.2, -0.15) is 0 Å². The number of rotatable bonds is 4. The summed E-state index contributed by atoms with van der Waals surface area (Å²) in [6.07, 6.45) is 1.56. The normalized spacial score (nSPS) is 10.3. The predicted octanol–water partition coefficient (Wildman–Crippen LogP) is 3.73. The Hall–Kier alpha value is -1.47. The van der Waals surface area contributed by atoms with Gasteiger partial charge >= 0.3 is 5.69 Å². The summed E-state index contributed by atoms with van der Waals surface area (Å²) in [7, 11) is 0. The smallest absolute Gasteiger partial charge is 0.314 e. The molecule has 0 atom stereocenters. The van der Waals surface area contributed by atoms with Crippen LogP contribution in [0.2, 0.25) is 0 Å². The topological polar surface area (TPSA) is 68.1 Å². The maximum absolute atomic E-state index is 11.0. The van der Waals surface area contributed by atoms with Gasteiger partial charge in [0.05, 0.1) is 15.3 Å². The van der Waals surface area contributed by atoms with E-state index < -0.39 is 4.92 Å². The quantitative estimate of drug-likeness (QED) is 0.686. The van der Waals surface area contributed by atoms with Gasteiger partial charge in [-0.25, -0.2) is 4.98 Å². The zero-order valence-corrected chi connectivity index (χ0v) is 11.9. The number of halogens is 1. The van der Waals surface area contributed by atoms with Crippen LogP contribution in [0.25, 0.3) is 0 Å². The molecule has 0 unspecified atom stereocenters. The molecule has 2 aromatic rings. The van der Waals surface area contributed by atoms with Crippen molar-refractivity contribution in [3.05, 3.63) is 48.7 Å². The second-order valence-electron chi connectivity index (χ2n) is 3.64. The van der Waals surface area contributed by atoms with Gasteiger partial charge in [-0.1, -0.05) is 0 Å². The Kier molecular flexibility index (Phi) is 3.93. The molecule has 5 nitrogen and oxygen atoms in total. The lowest BCUT2D eigenvalue weighted by Crippen LogP contribution is -2.04. The molecule has 2 rings (SSSR count). The van der Waals surface area contributed by atoms with Crippen molar-refractivity contribution in [3.63, 3.8) is 0 Å². The minimum absolute atomic E-state index is 0.0353. The van der Waals surface area contributed by atoms with Gasteiger partial charge < -0.3 is 5.32 Å². The van der Waals surface area contributed by atoms with E-state index in [4.69, 9.17) is 0 Å². The van der Waals surface area contributed by atoms with E-state index in [1.807, 2.05) is 12.1 Å². The number of thiophene rings is 1. The molecule has 0 saturated heterocycles. The average molecular weight is 328 g/mol. The number of nitrogens with one attached hydrogen (secondary N) is 1. The first-order chi connectivity index (χ1) is 8.58. The van der Waals surface area contributed by atoms with Crippen LogP contribution in [0.1, 0.15) is 10.4 Å². The van der Waals surface area contributed by atoms with Crippen LogP contribution in [-0.2, 0) is 6.54 Å². The van der Waals surface area contributed by atoms with Gasteiger partial charge in [0.15, 0.2) is 0 Å². The van der Waals surface area contributed by atoms with Gasteiger partial charge in [0.2, 0.25) is 5.82 Å². The summed E-state index contributed by atoms with van der Waals surface area (Å²) in [4.78, 5) is 15.7. The number of hydrogen-bond acceptors (Lipinski definition) is 5. The second kappa shape index (κ2) is 5.45. The Morgan fingerprint density at radius 2 is 2.28 bits per heavy atom. The van der Waals surface area contributed by atoms with Crippen molar-refractivity contribution in [2.75, 3.05) is 5.32 Å². The minimum Gasteiger partial charge on any atom is -0.359 e. The zero-order chi connectivity index (χ0) is 13.1. The van der Waals surface area contributed by atoms with E-state index in [-0.39, 0.29) is 5.69 Å². The Morgan fingerprint density at radius 1 is 1.50 bits per heavy atom. The Bertz CT molecular complexity index is 585. The summed E-state index contributed by atoms with van der Waals surface area (Å²) in [5, 5.41) is 14.0. The molecule has 0 amide bonds. The van der Waals surface area contributed by atoms with Gasteiger partial charge in [-0.15, -0.1) is 11.3 Å². The summed E-state index contributed by atoms with van der Waals surface area (Å²) in [6.45, 7) is 2.22. The SMILES string of the molecule is Cc1ccnc(NCc2ccc(Br)s2)c1[N+](=O)[O-]. The molecule has 2 heterocycles. The first-order valence-electron chi connectivity index (χ1n) is 5.16. The average Bonchev–Trinajstić information content (AvgIpc) is 2.72. The maximum atomic E-state index is 11.0. The molecule has 94 valence electrons. The lowest BCUT2D eigenvalue weighted by Gasteiger charge is -2.06. The van der Waals surface area contributed by atoms with Gasteiger partial charge in [-0.05, 0) is 41.1 Å². The fourth-order valence-corrected chi connectivity index (χ4v) is 2.95. The number of aromatic nitrogens is 1. The number of aryl methyl sites for hydroxylation is 1. The molecule has 18 heavy (non-hydrogen) atoms. The van der Waals surface area contributed by atoms with Crippen molar-refractivity contribution in [2.45, 2.75) is 13.5 Å². The van der Waals surface area contributed by atoms with Crippen LogP contribution >= 0.6 is 27.3 Å². The number of anilines is 1. The van der Waals surface area contributed by atoms with Crippen molar-refractivity contribution in [2.24, 2.45) is 0 Å². The number of nitrogens with zero attached hydrogens (tertiary/aromatic N) is 2. The van der Waals surface area contributed by atoms with Crippen LogP contribution in [0.3, 0.4) is 0 Å². The van der Waals surface area contributed by atoms with E-state index in [1.165, 1.54) is 0 Å². The third-order valence-corrected chi connectivity index (χ3v) is 3.99. The molecule has 1 N–H and O–H groups in total. The minimum atomic E-state index is -0.408. The fourth-order valence-electron chi connectivity index (χ4n) is 1.53. The number of nitro groups is 1. The highest BCUT2D eigenvalue weighted by atomic mass is 79.9. The monoisotopic (exact) mass is 327 g/mol. The highest BCUT2D eigenvalue weighted by molar-refractivity contribution is 9.11. The van der Waals surface area contributed by atoms with Crippen molar-refractivity contribution in [1.82, 2.24) is 4.98 Å². The van der Waals surface area contributed by atoms with E-state index in [0.29, 0.717) is 17.9 Å². The van der Waals surface area contributed by atoms with Crippen molar-refractivity contribution < 1.29 is 4.92 Å². The summed E-state index contributed by atoms with van der Waals surface area (Å²) in [6, 6.07) is 5.54. The summed E-state index contributed by atoms with van der Waals surface area (Å²) in [5.74, 6) is 0.310. The molecule has 0 aromatic carbocycles. The molecule has 0 aliphatic rings. The van der Waals surface area contributed by atoms with E-state index in [1.54, 1.807) is 30.5 Å². The molecule has 0 aliphatic heterocycles. The van der Waals surface area contributed by atoms with Crippen molar-refractivity contribution >= 4 is 38.8 Å². The van der Waals surface area contributed by atoms with Crippen LogP contribution in [0.5, 0.6) is 0 Å². The van der Waals surface area contributed by atoms with Crippen LogP contribution in [0, 0.1) is 17.0 Å². The van der Waals surface area contributed by atoms with Crippen LogP contribution in [-0.4, -0.2) is 9.91 Å². The van der Waals surface area contributed by atoms with Crippen molar-refractivity contribution in [3.8, 4) is 0 Å². The Morgan fingerprint density at radius 3 is 2.89 bits per heavy atom. The molecule has 0 bridgehead atoms. The largest absolute Gasteiger partial charge is 0.359 e. The van der Waals surface area contributed by atoms with Crippen molar-refractivity contribution in [1.29, 1.82) is 0 Å². The predicted molar refractivity (Wildman–Crippen MR) is 75.0 cm³/mol. The molecule has 0 fully saturated rings. The molecule has 0 saturated carbocycles. The molecule has 0 aliphatic carbocycles. The van der Waals surface area contributed by atoms with E-state index in [9.17, 15) is 10.1 Å². The van der Waals surface area contributed by atoms with Gasteiger partial charge in [0.25, 0.3) is 0 Å². The summed E-state index contributed by atoms with van der Waals surface area (Å²) in [5.41, 5.74) is 0.637. The lowest BCUT2D eigenvalue weighted by atomic mass is 10.2. The Labute approximate surface area is 116 Å². The third-order valence-electron chi connectivity index (χ3n) is 2.37. The number of pyridine rings is 1. The third kappa shape index (κ3) is 2.85. The first-order valence-corrected chi connectivity index (χ1v) is 6.77. The standard InChI is InChI=1S/C11H10BrN3O2S/c1-7-4-5-13-11(10(7)15(16)17)14-6-8-2-3-9(12)18-8/h2-5H,6H2,1H3,(H,13,14). The van der Waals surface area contributed by atoms with Gasteiger partial charge in [0.1, 0.15) is 0 Å². The lowest BCUT2D eigenvalue weighted by molar-refractivity contribution is -0.384. The second-order valence-corrected chi connectivity index (χ2v) is 6.19. The zero-order valence-electron chi connectivity index (χ0n) is 9.51. The fraction of sp³-hybridized carbons (Fsp3) is 0.182. The van der Waals surface area contributed by atoms with Crippen LogP contribution < -0.4 is 5.32 Å². The molecular weight excluding hydrogens is 318 g/mol. The maximum Gasteiger partial charge on any atom is 0.314 e. The van der Waals surface area contributed by atoms with E-state index in [2.05, 4.69) is 26.2 Å². The molecule has 2 aromatic heterocycles. The molecule has 0 radical (unpaired) electrons. The van der Waals surface area contributed by atoms with Gasteiger partial charge in [-0.3, -0.25) is 10.1 Å². The first kappa shape index (κ1) is 13.0. The van der Waals surface area contributed by atoms with Crippen LogP contribution in [0.15, 0.2) is 28.2 Å². The summed E-state index contributed by atoms with van der Waals surface area (Å²) >= 11 is 4.96. The number of hydrogen-bond donors (Lipinski definition) is 1. The highest BCUT2D eigenvalue weighted by Crippen LogP contribution is 2.27. The molecule has 7 heteroatoms. The van der Waals surface area contributed by atoms with Crippen LogP contribution in [0.4, 0.5) is 11.5 Å². The van der Waals surface area contributed by atoms with Gasteiger partial charge in [0, 0.05) is 16.6 Å². The van der Waals surface area contributed by atoms with E-state index >= 15 is 0 Å². The Balaban J connectivity index is 2.19. The summed E-state index contributed by atoms with van der Waals surface area (Å²) < 4.78 is 1.03. The highest BCUT2D eigenvalue weighted by Gasteiger charge is 2.18.